The Hall–Kier alpha value is -2.44. The van der Waals surface area contributed by atoms with E-state index >= 15 is 0 Å². The van der Waals surface area contributed by atoms with Crippen LogP contribution >= 0.6 is 0 Å². The molecule has 0 saturated heterocycles. The molecular formula is C20H14-2. The predicted octanol–water partition coefficient (Wildman–Crippen LogP) is 3.45. The van der Waals surface area contributed by atoms with Crippen molar-refractivity contribution < 1.29 is 0 Å². The second-order valence-electron chi connectivity index (χ2n) is 5.23. The first kappa shape index (κ1) is 12.6. The number of benzene rings is 2. The van der Waals surface area contributed by atoms with Crippen molar-refractivity contribution in [3.8, 4) is 11.8 Å². The average Bonchev–Trinajstić information content (AvgIpc) is 2.49. The summed E-state index contributed by atoms with van der Waals surface area (Å²) in [4.78, 5) is 0. The maximum Gasteiger partial charge on any atom is -0.0253 e. The quantitative estimate of drug-likeness (QED) is 0.499. The molecular weight excluding hydrogens is 240 g/mol. The van der Waals surface area contributed by atoms with Crippen LogP contribution in [0, 0.1) is 24.7 Å². The number of aryl methyl sites for hydroxylation is 4. The molecule has 0 saturated carbocycles. The van der Waals surface area contributed by atoms with Crippen molar-refractivity contribution >= 4 is 0 Å². The summed E-state index contributed by atoms with van der Waals surface area (Å²) in [6, 6.07) is 12.7. The summed E-state index contributed by atoms with van der Waals surface area (Å²) in [5.41, 5.74) is 6.60. The van der Waals surface area contributed by atoms with E-state index in [1.807, 2.05) is 0 Å². The summed E-state index contributed by atoms with van der Waals surface area (Å²) >= 11 is 0. The lowest BCUT2D eigenvalue weighted by Gasteiger charge is -2.19. The van der Waals surface area contributed by atoms with Gasteiger partial charge in [0.1, 0.15) is 0 Å². The Morgan fingerprint density at radius 1 is 0.650 bits per heavy atom. The van der Waals surface area contributed by atoms with Crippen LogP contribution in [0.5, 0.6) is 0 Å². The predicted molar refractivity (Wildman–Crippen MR) is 80.2 cm³/mol. The van der Waals surface area contributed by atoms with Crippen molar-refractivity contribution in [2.24, 2.45) is 0 Å². The van der Waals surface area contributed by atoms with Crippen molar-refractivity contribution in [1.29, 1.82) is 0 Å². The maximum absolute atomic E-state index is 7.46. The molecule has 0 heteroatoms. The lowest BCUT2D eigenvalue weighted by molar-refractivity contribution is 0.915. The van der Waals surface area contributed by atoms with E-state index in [9.17, 15) is 0 Å². The van der Waals surface area contributed by atoms with Gasteiger partial charge in [-0.15, -0.1) is 34.4 Å². The van der Waals surface area contributed by atoms with Gasteiger partial charge in [0.05, 0.1) is 0 Å². The highest BCUT2D eigenvalue weighted by Gasteiger charge is 2.03. The topological polar surface area (TPSA) is 0 Å². The summed E-state index contributed by atoms with van der Waals surface area (Å²) in [6.07, 6.45) is 18.6. The average molecular weight is 254 g/mol. The Kier molecular flexibility index (Phi) is 3.32. The van der Waals surface area contributed by atoms with E-state index < -0.39 is 0 Å². The molecule has 0 fully saturated rings. The van der Waals surface area contributed by atoms with Gasteiger partial charge in [-0.25, -0.2) is 0 Å². The van der Waals surface area contributed by atoms with Gasteiger partial charge >= 0.3 is 0 Å². The van der Waals surface area contributed by atoms with Crippen LogP contribution in [0.2, 0.25) is 0 Å². The van der Waals surface area contributed by atoms with Crippen LogP contribution in [-0.4, -0.2) is 0 Å². The summed E-state index contributed by atoms with van der Waals surface area (Å²) in [6.45, 7) is 0. The van der Waals surface area contributed by atoms with E-state index in [2.05, 4.69) is 48.2 Å². The first-order chi connectivity index (χ1) is 9.80. The van der Waals surface area contributed by atoms with Crippen molar-refractivity contribution in [2.75, 3.05) is 0 Å². The fourth-order valence-corrected chi connectivity index (χ4v) is 2.78. The van der Waals surface area contributed by atoms with Gasteiger partial charge in [-0.05, 0) is 25.7 Å². The Labute approximate surface area is 120 Å². The van der Waals surface area contributed by atoms with Crippen LogP contribution in [0.15, 0.2) is 36.4 Å². The molecule has 20 heavy (non-hydrogen) atoms. The molecule has 6 rings (SSSR count). The highest BCUT2D eigenvalue weighted by atomic mass is 14.1. The van der Waals surface area contributed by atoms with Crippen LogP contribution in [0.3, 0.4) is 0 Å². The fourth-order valence-electron chi connectivity index (χ4n) is 2.78. The third kappa shape index (κ3) is 2.34. The van der Waals surface area contributed by atoms with Gasteiger partial charge in [-0.3, -0.25) is 11.8 Å². The Morgan fingerprint density at radius 2 is 1.10 bits per heavy atom. The molecule has 0 N–H and O–H groups in total. The van der Waals surface area contributed by atoms with E-state index in [4.69, 9.17) is 12.8 Å². The van der Waals surface area contributed by atoms with Gasteiger partial charge in [0.2, 0.25) is 0 Å². The Balaban J connectivity index is 2.08. The van der Waals surface area contributed by atoms with Crippen molar-refractivity contribution in [3.05, 3.63) is 82.6 Å². The van der Waals surface area contributed by atoms with Crippen molar-refractivity contribution in [2.45, 2.75) is 25.7 Å². The number of hydrogen-bond acceptors (Lipinski definition) is 0. The molecule has 0 radical (unpaired) electrons. The normalized spacial score (nSPS) is 13.1. The molecule has 0 aromatic heterocycles. The molecule has 0 amide bonds. The van der Waals surface area contributed by atoms with Gasteiger partial charge in [0, 0.05) is 0 Å². The van der Waals surface area contributed by atoms with E-state index in [1.165, 1.54) is 11.1 Å². The standard InChI is InChI=1S/C20H14/c1-3-17-13-15-5-6-16-8-10-20(18(4-2)14-16)12-11-19(17)9-7-15/h7-10,13-14H,5-6,11-12H2/q-2. The second-order valence-corrected chi connectivity index (χ2v) is 5.23. The van der Waals surface area contributed by atoms with Gasteiger partial charge < -0.3 is 12.8 Å². The molecule has 96 valence electrons. The number of hydrogen-bond donors (Lipinski definition) is 0. The van der Waals surface area contributed by atoms with Gasteiger partial charge in [0.15, 0.2) is 0 Å². The minimum Gasteiger partial charge on any atom is -0.366 e. The Bertz CT molecular complexity index is 670. The van der Waals surface area contributed by atoms with E-state index in [1.54, 1.807) is 0 Å². The fraction of sp³-hybridized carbons (Fsp3) is 0.200. The molecule has 2 aromatic rings. The SMILES string of the molecule is [C-]#Cc1cc2ccc1CCc1ccc(cc1C#[C-])CC2. The smallest absolute Gasteiger partial charge is 0.0253 e. The summed E-state index contributed by atoms with van der Waals surface area (Å²) in [7, 11) is 0. The minimum atomic E-state index is 0.871. The van der Waals surface area contributed by atoms with Crippen LogP contribution in [0.25, 0.3) is 0 Å². The molecule has 4 aliphatic carbocycles. The van der Waals surface area contributed by atoms with Gasteiger partial charge in [-0.2, -0.15) is 0 Å². The lowest BCUT2D eigenvalue weighted by atomic mass is 9.91. The third-order valence-corrected chi connectivity index (χ3v) is 3.98. The molecule has 0 unspecified atom stereocenters. The second kappa shape index (κ2) is 5.28. The molecule has 0 spiro atoms. The van der Waals surface area contributed by atoms with Crippen LogP contribution < -0.4 is 0 Å². The molecule has 4 bridgehead atoms. The molecule has 0 atom stereocenters. The highest BCUT2D eigenvalue weighted by Crippen LogP contribution is 2.20. The first-order valence-corrected chi connectivity index (χ1v) is 6.89. The first-order valence-electron chi connectivity index (χ1n) is 6.89. The molecule has 2 aromatic carbocycles. The summed E-state index contributed by atoms with van der Waals surface area (Å²) < 4.78 is 0. The van der Waals surface area contributed by atoms with E-state index in [0.29, 0.717) is 0 Å². The van der Waals surface area contributed by atoms with Crippen LogP contribution in [0.4, 0.5) is 0 Å². The minimum absolute atomic E-state index is 0.871. The molecule has 0 aliphatic heterocycles. The van der Waals surface area contributed by atoms with Gasteiger partial charge in [-0.1, -0.05) is 35.4 Å². The monoisotopic (exact) mass is 254 g/mol. The Morgan fingerprint density at radius 3 is 1.50 bits per heavy atom. The van der Waals surface area contributed by atoms with Crippen molar-refractivity contribution in [3.63, 3.8) is 0 Å². The summed E-state index contributed by atoms with van der Waals surface area (Å²) in [5.74, 6) is 5.11. The zero-order valence-electron chi connectivity index (χ0n) is 11.3. The largest absolute Gasteiger partial charge is 0.366 e. The van der Waals surface area contributed by atoms with E-state index in [0.717, 1.165) is 47.9 Å². The maximum atomic E-state index is 7.46. The number of rotatable bonds is 0. The molecule has 0 heterocycles. The lowest BCUT2D eigenvalue weighted by Crippen LogP contribution is -2.02. The van der Waals surface area contributed by atoms with Crippen LogP contribution in [-0.2, 0) is 25.7 Å². The summed E-state index contributed by atoms with van der Waals surface area (Å²) in [5, 5.41) is 0. The van der Waals surface area contributed by atoms with Crippen molar-refractivity contribution in [1.82, 2.24) is 0 Å². The zero-order chi connectivity index (χ0) is 13.9. The van der Waals surface area contributed by atoms with E-state index in [-0.39, 0.29) is 0 Å². The highest BCUT2D eigenvalue weighted by molar-refractivity contribution is 5.46. The third-order valence-electron chi connectivity index (χ3n) is 3.98. The van der Waals surface area contributed by atoms with Crippen LogP contribution in [0.1, 0.15) is 33.4 Å². The zero-order valence-corrected chi connectivity index (χ0v) is 11.3. The molecule has 0 nitrogen and oxygen atoms in total. The molecule has 4 aliphatic rings. The van der Waals surface area contributed by atoms with Gasteiger partial charge in [0.25, 0.3) is 0 Å².